The Balaban J connectivity index is 5.47. The zero-order valence-corrected chi connectivity index (χ0v) is 21.9. The van der Waals surface area contributed by atoms with Crippen LogP contribution in [0.4, 0.5) is 0 Å². The first-order valence-corrected chi connectivity index (χ1v) is 12.1. The maximum absolute atomic E-state index is 10.9. The van der Waals surface area contributed by atoms with Gasteiger partial charge in [-0.2, -0.15) is 0 Å². The second-order valence-corrected chi connectivity index (χ2v) is 9.57. The fourth-order valence-electron chi connectivity index (χ4n) is 3.72. The molecule has 0 aliphatic heterocycles. The van der Waals surface area contributed by atoms with Gasteiger partial charge in [-0.15, -0.1) is 0 Å². The van der Waals surface area contributed by atoms with Crippen LogP contribution in [0.1, 0.15) is 0 Å². The monoisotopic (exact) mass is 629 g/mol. The number of ether oxygens (including phenoxy) is 1. The number of rotatable bonds is 20. The van der Waals surface area contributed by atoms with E-state index in [-0.39, 0.29) is 0 Å². The van der Waals surface area contributed by atoms with Crippen molar-refractivity contribution in [3.05, 3.63) is 0 Å². The highest BCUT2D eigenvalue weighted by Gasteiger charge is 2.47. The number of carbonyl (C=O) groups excluding carboxylic acids is 1. The maximum atomic E-state index is 10.9. The molecule has 18 unspecified atom stereocenters. The molecule has 252 valence electrons. The van der Waals surface area contributed by atoms with Crippen LogP contribution in [-0.4, -0.2) is 221 Å². The van der Waals surface area contributed by atoms with Crippen LogP contribution >= 0.6 is 0 Å². The summed E-state index contributed by atoms with van der Waals surface area (Å²) in [6, 6.07) is 0. The molecule has 0 aliphatic rings. The molecule has 0 aromatic rings. The highest BCUT2D eigenvalue weighted by molar-refractivity contribution is 5.70. The van der Waals surface area contributed by atoms with Gasteiger partial charge in [0.15, 0.2) is 0 Å². The van der Waals surface area contributed by atoms with E-state index < -0.39 is 122 Å². The van der Waals surface area contributed by atoms with Crippen molar-refractivity contribution in [2.75, 3.05) is 13.7 Å². The summed E-state index contributed by atoms with van der Waals surface area (Å²) in [4.78, 5) is 10.9. The molecule has 0 spiro atoms. The number of methoxy groups -OCH3 is 1. The molecular formula is C21H41O21-. The Morgan fingerprint density at radius 1 is 0.452 bits per heavy atom. The van der Waals surface area contributed by atoms with E-state index >= 15 is 0 Å². The number of aliphatic hydroxyl groups is 18. The molecule has 0 saturated carbocycles. The summed E-state index contributed by atoms with van der Waals surface area (Å²) in [6.45, 7) is -1.10. The third kappa shape index (κ3) is 9.86. The Morgan fingerprint density at radius 3 is 0.810 bits per heavy atom. The number of carboxylic acids is 1. The third-order valence-electron chi connectivity index (χ3n) is 6.63. The van der Waals surface area contributed by atoms with Crippen molar-refractivity contribution < 1.29 is 107 Å². The number of hydrogen-bond donors (Lipinski definition) is 18. The molecule has 21 heteroatoms. The van der Waals surface area contributed by atoms with E-state index in [0.717, 1.165) is 7.11 Å². The molecule has 0 aromatic carbocycles. The SMILES string of the molecule is COC(C(=O)[O-])C(O)C(O)C(O)C(O)C(O)C(O)C(O)C(O)C(O)C(O)C(O)C(O)C(O)C(O)C(O)C(O)C(O)CO. The quantitative estimate of drug-likeness (QED) is 0.0594. The smallest absolute Gasteiger partial charge is 0.125 e. The molecular weight excluding hydrogens is 588 g/mol. The Hall–Kier alpha value is -1.29. The highest BCUT2D eigenvalue weighted by Crippen LogP contribution is 2.21. The first-order chi connectivity index (χ1) is 19.2. The van der Waals surface area contributed by atoms with Gasteiger partial charge in [0.25, 0.3) is 0 Å². The topological polar surface area (TPSA) is 414 Å². The van der Waals surface area contributed by atoms with Gasteiger partial charge in [0.05, 0.1) is 12.6 Å². The maximum Gasteiger partial charge on any atom is 0.125 e. The molecule has 18 N–H and O–H groups in total. The summed E-state index contributed by atoms with van der Waals surface area (Å²) in [6.07, 6.45) is -46.6. The van der Waals surface area contributed by atoms with Crippen molar-refractivity contribution in [2.45, 2.75) is 110 Å². The van der Waals surface area contributed by atoms with Crippen molar-refractivity contribution in [1.29, 1.82) is 0 Å². The molecule has 21 nitrogen and oxygen atoms in total. The lowest BCUT2D eigenvalue weighted by atomic mass is 9.87. The largest absolute Gasteiger partial charge is 0.547 e. The van der Waals surface area contributed by atoms with E-state index in [1.54, 1.807) is 0 Å². The van der Waals surface area contributed by atoms with E-state index in [4.69, 9.17) is 5.11 Å². The van der Waals surface area contributed by atoms with Crippen LogP contribution in [0.3, 0.4) is 0 Å². The lowest BCUT2D eigenvalue weighted by molar-refractivity contribution is -0.321. The van der Waals surface area contributed by atoms with Gasteiger partial charge < -0.3 is 107 Å². The zero-order chi connectivity index (χ0) is 33.4. The van der Waals surface area contributed by atoms with Crippen LogP contribution < -0.4 is 5.11 Å². The first kappa shape index (κ1) is 40.7. The van der Waals surface area contributed by atoms with Crippen molar-refractivity contribution in [2.24, 2.45) is 0 Å². The summed E-state index contributed by atoms with van der Waals surface area (Å²) in [5.74, 6) is -2.05. The molecule has 0 fully saturated rings. The van der Waals surface area contributed by atoms with Gasteiger partial charge in [-0.25, -0.2) is 0 Å². The summed E-state index contributed by atoms with van der Waals surface area (Å²) >= 11 is 0. The van der Waals surface area contributed by atoms with Crippen molar-refractivity contribution in [1.82, 2.24) is 0 Å². The lowest BCUT2D eigenvalue weighted by Gasteiger charge is -2.37. The fraction of sp³-hybridized carbons (Fsp3) is 0.952. The molecule has 0 amide bonds. The molecule has 0 aliphatic carbocycles. The average Bonchev–Trinajstić information content (AvgIpc) is 2.98. The second kappa shape index (κ2) is 17.9. The van der Waals surface area contributed by atoms with Crippen molar-refractivity contribution >= 4 is 5.97 Å². The molecule has 0 heterocycles. The third-order valence-corrected chi connectivity index (χ3v) is 6.63. The number of carbonyl (C=O) groups is 1. The Kier molecular flexibility index (Phi) is 17.3. The number of hydrogen-bond acceptors (Lipinski definition) is 21. The summed E-state index contributed by atoms with van der Waals surface area (Å²) in [5.41, 5.74) is 0. The predicted octanol–water partition coefficient (Wildman–Crippen LogP) is -13.1. The van der Waals surface area contributed by atoms with Crippen LogP contribution in [0.15, 0.2) is 0 Å². The highest BCUT2D eigenvalue weighted by atomic mass is 16.5. The van der Waals surface area contributed by atoms with Crippen molar-refractivity contribution in [3.63, 3.8) is 0 Å². The molecule has 0 saturated heterocycles. The van der Waals surface area contributed by atoms with E-state index in [1.165, 1.54) is 0 Å². The summed E-state index contributed by atoms with van der Waals surface area (Å²) < 4.78 is 4.34. The summed E-state index contributed by atoms with van der Waals surface area (Å²) in [7, 11) is 0.770. The molecule has 0 rings (SSSR count). The molecule has 0 bridgehead atoms. The fourth-order valence-corrected chi connectivity index (χ4v) is 3.72. The predicted molar refractivity (Wildman–Crippen MR) is 125 cm³/mol. The average molecular weight is 630 g/mol. The van der Waals surface area contributed by atoms with Crippen LogP contribution in [-0.2, 0) is 9.53 Å². The molecule has 0 aromatic heterocycles. The van der Waals surface area contributed by atoms with Crippen LogP contribution in [0.5, 0.6) is 0 Å². The normalized spacial score (nSPS) is 25.6. The van der Waals surface area contributed by atoms with E-state index in [2.05, 4.69) is 4.74 Å². The summed E-state index contributed by atoms with van der Waals surface area (Å²) in [5, 5.41) is 188. The number of aliphatic carboxylic acids is 1. The van der Waals surface area contributed by atoms with Gasteiger partial charge in [0.1, 0.15) is 110 Å². The number of aliphatic hydroxyl groups excluding tert-OH is 18. The van der Waals surface area contributed by atoms with E-state index in [0.29, 0.717) is 0 Å². The van der Waals surface area contributed by atoms with E-state index in [1.807, 2.05) is 0 Å². The molecule has 42 heavy (non-hydrogen) atoms. The van der Waals surface area contributed by atoms with Gasteiger partial charge in [-0.1, -0.05) is 0 Å². The van der Waals surface area contributed by atoms with Gasteiger partial charge in [0, 0.05) is 7.11 Å². The Bertz CT molecular complexity index is 776. The van der Waals surface area contributed by atoms with Crippen molar-refractivity contribution in [3.8, 4) is 0 Å². The first-order valence-electron chi connectivity index (χ1n) is 12.1. The minimum absolute atomic E-state index is 0.770. The van der Waals surface area contributed by atoms with Crippen LogP contribution in [0.2, 0.25) is 0 Å². The lowest BCUT2D eigenvalue weighted by Crippen LogP contribution is -2.61. The van der Waals surface area contributed by atoms with Crippen LogP contribution in [0.25, 0.3) is 0 Å². The zero-order valence-electron chi connectivity index (χ0n) is 21.9. The molecule has 0 radical (unpaired) electrons. The van der Waals surface area contributed by atoms with E-state index in [9.17, 15) is 96.7 Å². The standard InChI is InChI=1S/C21H42O21/c1-42-20(21(40)41)19(39)18(38)17(37)16(36)15(35)14(34)13(33)12(32)11(31)10(30)9(29)8(28)7(27)6(26)5(25)4(24)3(23)2-22/h3-20,22-39H,2H2,1H3,(H,40,41)/p-1. The minimum atomic E-state index is -2.78. The van der Waals surface area contributed by atoms with Crippen LogP contribution in [0, 0.1) is 0 Å². The van der Waals surface area contributed by atoms with Gasteiger partial charge in [-0.3, -0.25) is 0 Å². The second-order valence-electron chi connectivity index (χ2n) is 9.57. The molecule has 18 atom stereocenters. The van der Waals surface area contributed by atoms with Gasteiger partial charge >= 0.3 is 0 Å². The van der Waals surface area contributed by atoms with Gasteiger partial charge in [-0.05, 0) is 0 Å². The Morgan fingerprint density at radius 2 is 0.643 bits per heavy atom. The minimum Gasteiger partial charge on any atom is -0.547 e. The van der Waals surface area contributed by atoms with Gasteiger partial charge in [0.2, 0.25) is 0 Å². The Labute approximate surface area is 236 Å². The number of carboxylic acid groups (broad SMARTS) is 1.